The fourth-order valence-electron chi connectivity index (χ4n) is 0.287. The second-order valence-corrected chi connectivity index (χ2v) is 3.29. The molecule has 3 nitrogen and oxygen atoms in total. The molecule has 0 aliphatic rings. The third kappa shape index (κ3) is 92.4. The van der Waals surface area contributed by atoms with Gasteiger partial charge in [0.05, 0.1) is 0 Å². The van der Waals surface area contributed by atoms with E-state index in [0.29, 0.717) is 0 Å². The Bertz CT molecular complexity index is 84.1. The van der Waals surface area contributed by atoms with Gasteiger partial charge in [0.25, 0.3) is 20.4 Å². The Kier molecular flexibility index (Phi) is 116. The van der Waals surface area contributed by atoms with Crippen LogP contribution < -0.4 is 0 Å². The van der Waals surface area contributed by atoms with Crippen LogP contribution in [0.2, 0.25) is 9.45 Å². The third-order valence-electron chi connectivity index (χ3n) is 0.577. The largest absolute Gasteiger partial charge is 0.281 e. The molecule has 0 N–H and O–H groups in total. The predicted molar refractivity (Wildman–Crippen MR) is 47.1 cm³/mol. The molecule has 0 heterocycles. The Morgan fingerprint density at radius 2 is 1.08 bits per heavy atom. The van der Waals surface area contributed by atoms with Gasteiger partial charge < -0.3 is 0 Å². The van der Waals surface area contributed by atoms with Gasteiger partial charge in [0.15, 0.2) is 0 Å². The number of allylic oxidation sites excluding steroid dienone is 2. The molecule has 4 heteroatoms. The molecule has 0 amide bonds. The zero-order valence-corrected chi connectivity index (χ0v) is 8.77. The van der Waals surface area contributed by atoms with Gasteiger partial charge in [0, 0.05) is 0 Å². The molecule has 0 spiro atoms. The van der Waals surface area contributed by atoms with Gasteiger partial charge in [-0.15, -0.1) is 0 Å². The number of rotatable bonds is 4. The average molecular weight is 214 g/mol. The van der Waals surface area contributed by atoms with E-state index in [1.54, 1.807) is 0 Å². The van der Waals surface area contributed by atoms with Crippen molar-refractivity contribution in [2.75, 3.05) is 0 Å². The Morgan fingerprint density at radius 3 is 1.23 bits per heavy atom. The molecule has 0 unspecified atom stereocenters. The Hall–Kier alpha value is -0.796. The molecule has 0 bridgehead atoms. The van der Waals surface area contributed by atoms with Gasteiger partial charge in [0.1, 0.15) is 0 Å². The van der Waals surface area contributed by atoms with Crippen molar-refractivity contribution in [1.82, 2.24) is 0 Å². The summed E-state index contributed by atoms with van der Waals surface area (Å²) in [7, 11) is 0. The normalized spacial score (nSPS) is 4.92. The molecule has 0 fully saturated rings. The first-order chi connectivity index (χ1) is 6.41. The Labute approximate surface area is 88.8 Å². The number of hydrogen-bond acceptors (Lipinski definition) is 3. The molecule has 6 radical (unpaired) electrons. The van der Waals surface area contributed by atoms with E-state index in [9.17, 15) is 0 Å². The van der Waals surface area contributed by atoms with E-state index < -0.39 is 0 Å². The molecule has 13 heavy (non-hydrogen) atoms. The smallest absolute Gasteiger partial charge is 0.281 e. The molecule has 0 saturated heterocycles. The van der Waals surface area contributed by atoms with Gasteiger partial charge in [0.2, 0.25) is 0 Å². The first kappa shape index (κ1) is 22.8. The topological polar surface area (TPSA) is 51.2 Å². The molecule has 0 aromatic heterocycles. The second kappa shape index (κ2) is 66.0. The molecule has 0 aromatic carbocycles. The van der Waals surface area contributed by atoms with Crippen molar-refractivity contribution in [3.05, 3.63) is 25.3 Å². The minimum atomic E-state index is 0.278. The molecule has 0 aromatic rings. The van der Waals surface area contributed by atoms with Crippen LogP contribution in [0.5, 0.6) is 0 Å². The van der Waals surface area contributed by atoms with Crippen LogP contribution >= 0.6 is 0 Å². The Balaban J connectivity index is -0.0000000573. The molecule has 68 valence electrons. The summed E-state index contributed by atoms with van der Waals surface area (Å²) in [5, 5.41) is 0. The molecule has 0 atom stereocenters. The standard InChI is InChI=1S/2C3H5.3CO.Ti/c2*1-3-2;3*1-2;/h2*3H,1-2H2;;;;. The van der Waals surface area contributed by atoms with Crippen LogP contribution in [0.15, 0.2) is 25.3 Å². The van der Waals surface area contributed by atoms with Gasteiger partial charge >= 0.3 is 53.9 Å². The van der Waals surface area contributed by atoms with Crippen LogP contribution in [0.25, 0.3) is 0 Å². The van der Waals surface area contributed by atoms with Gasteiger partial charge in [-0.3, -0.25) is 14.4 Å². The fraction of sp³-hybridized carbons (Fsp3) is 0.222. The molecular weight excluding hydrogens is 204 g/mol. The van der Waals surface area contributed by atoms with E-state index in [2.05, 4.69) is 33.5 Å². The van der Waals surface area contributed by atoms with Crippen molar-refractivity contribution in [3.8, 4) is 0 Å². The van der Waals surface area contributed by atoms with Crippen LogP contribution in [-0.4, -0.2) is 20.4 Å². The summed E-state index contributed by atoms with van der Waals surface area (Å²) in [6.45, 7) is 20.8. The molecule has 0 aliphatic carbocycles. The first-order valence-electron chi connectivity index (χ1n) is 2.95. The van der Waals surface area contributed by atoms with Crippen molar-refractivity contribution >= 4 is 20.4 Å². The average Bonchev–Trinajstić information content (AvgIpc) is 2.27. The zero-order valence-electron chi connectivity index (χ0n) is 7.21. The molecule has 0 rings (SSSR count). The van der Waals surface area contributed by atoms with Crippen molar-refractivity contribution in [2.45, 2.75) is 9.45 Å². The number of hydrogen-bond donors (Lipinski definition) is 0. The summed E-state index contributed by atoms with van der Waals surface area (Å²) in [4.78, 5) is 22.5. The van der Waals surface area contributed by atoms with E-state index in [4.69, 9.17) is 14.4 Å². The van der Waals surface area contributed by atoms with E-state index in [-0.39, 0.29) is 19.2 Å². The summed E-state index contributed by atoms with van der Waals surface area (Å²) < 4.78 is 2.48. The SMILES string of the molecule is C=C[CH2][Ti][CH2]C=C.[C]=O.[C]=O.[C]=O. The fourth-order valence-corrected chi connectivity index (χ4v) is 1.19. The molecule has 0 saturated carbocycles. The summed E-state index contributed by atoms with van der Waals surface area (Å²) >= 11 is 0.278. The third-order valence-corrected chi connectivity index (χ3v) is 2.38. The van der Waals surface area contributed by atoms with Crippen molar-refractivity contribution in [2.24, 2.45) is 0 Å². The maximum absolute atomic E-state index is 7.50. The van der Waals surface area contributed by atoms with Crippen molar-refractivity contribution in [1.29, 1.82) is 0 Å². The van der Waals surface area contributed by atoms with Crippen LogP contribution in [0.4, 0.5) is 0 Å². The maximum Gasteiger partial charge on any atom is 0.281 e. The number of carbonyl (C=O) groups excluding carboxylic acids is 3. The first-order valence-corrected chi connectivity index (χ1v) is 5.16. The van der Waals surface area contributed by atoms with Crippen LogP contribution in [0.1, 0.15) is 0 Å². The Morgan fingerprint density at radius 1 is 0.846 bits per heavy atom. The van der Waals surface area contributed by atoms with Crippen LogP contribution in [0, 0.1) is 0 Å². The molecular formula is C9H10O3Ti. The maximum atomic E-state index is 7.50. The second-order valence-electron chi connectivity index (χ2n) is 1.24. The van der Waals surface area contributed by atoms with Crippen LogP contribution in [-0.2, 0) is 33.5 Å². The van der Waals surface area contributed by atoms with Gasteiger partial charge in [-0.1, -0.05) is 0 Å². The summed E-state index contributed by atoms with van der Waals surface area (Å²) in [6, 6.07) is 0. The van der Waals surface area contributed by atoms with E-state index in [0.717, 1.165) is 0 Å². The summed E-state index contributed by atoms with van der Waals surface area (Å²) in [6.07, 6.45) is 3.98. The summed E-state index contributed by atoms with van der Waals surface area (Å²) in [5.74, 6) is 0. The minimum Gasteiger partial charge on any atom is -0.281 e. The zero-order chi connectivity index (χ0) is 11.5. The van der Waals surface area contributed by atoms with E-state index in [1.165, 1.54) is 9.45 Å². The van der Waals surface area contributed by atoms with E-state index in [1.807, 2.05) is 12.2 Å². The van der Waals surface area contributed by atoms with Gasteiger partial charge in [-0.2, -0.15) is 0 Å². The minimum absolute atomic E-state index is 0.278. The van der Waals surface area contributed by atoms with Crippen molar-refractivity contribution < 1.29 is 33.5 Å². The van der Waals surface area contributed by atoms with Crippen molar-refractivity contribution in [3.63, 3.8) is 0 Å². The van der Waals surface area contributed by atoms with E-state index >= 15 is 0 Å². The summed E-state index contributed by atoms with van der Waals surface area (Å²) in [5.41, 5.74) is 0. The quantitative estimate of drug-likeness (QED) is 0.399. The predicted octanol–water partition coefficient (Wildman–Crippen LogP) is 1.09. The molecule has 0 aliphatic heterocycles. The van der Waals surface area contributed by atoms with Gasteiger partial charge in [-0.05, 0) is 0 Å². The van der Waals surface area contributed by atoms with Gasteiger partial charge in [-0.25, -0.2) is 0 Å². The monoisotopic (exact) mass is 214 g/mol. The van der Waals surface area contributed by atoms with Crippen LogP contribution in [0.3, 0.4) is 0 Å².